The van der Waals surface area contributed by atoms with E-state index in [1.807, 2.05) is 42.5 Å². The standard InChI is InChI=1S/C24H22N2O4S2/c1-25(22-10-5-8-18-7-3-4-9-21(18)22)23(27)17-30-20-14-12-19(13-15-20)26(2)32(28,29)24-11-6-16-31-24/h3-16H,17H2,1-2H3. The van der Waals surface area contributed by atoms with Gasteiger partial charge in [0, 0.05) is 19.5 Å². The first-order valence-electron chi connectivity index (χ1n) is 9.87. The van der Waals surface area contributed by atoms with Crippen LogP contribution in [0.1, 0.15) is 0 Å². The SMILES string of the molecule is CN(C(=O)COc1ccc(N(C)S(=O)(=O)c2cccs2)cc1)c1cccc2ccccc12. The van der Waals surface area contributed by atoms with Gasteiger partial charge in [-0.25, -0.2) is 8.42 Å². The summed E-state index contributed by atoms with van der Waals surface area (Å²) in [5, 5.41) is 3.78. The van der Waals surface area contributed by atoms with Crippen LogP contribution in [0.2, 0.25) is 0 Å². The maximum atomic E-state index is 12.7. The van der Waals surface area contributed by atoms with Crippen LogP contribution in [0.4, 0.5) is 11.4 Å². The monoisotopic (exact) mass is 466 g/mol. The Kier molecular flexibility index (Phi) is 6.16. The van der Waals surface area contributed by atoms with Crippen molar-refractivity contribution in [1.82, 2.24) is 0 Å². The Balaban J connectivity index is 1.42. The smallest absolute Gasteiger partial charge is 0.273 e. The minimum absolute atomic E-state index is 0.137. The Morgan fingerprint density at radius 1 is 0.906 bits per heavy atom. The van der Waals surface area contributed by atoms with Crippen molar-refractivity contribution < 1.29 is 17.9 Å². The van der Waals surface area contributed by atoms with E-state index in [2.05, 4.69) is 0 Å². The van der Waals surface area contributed by atoms with E-state index in [1.54, 1.807) is 53.7 Å². The van der Waals surface area contributed by atoms with Gasteiger partial charge in [-0.2, -0.15) is 0 Å². The summed E-state index contributed by atoms with van der Waals surface area (Å²) in [5.74, 6) is 0.290. The average molecular weight is 467 g/mol. The number of anilines is 2. The average Bonchev–Trinajstić information content (AvgIpc) is 3.37. The first kappa shape index (κ1) is 21.9. The number of amides is 1. The second-order valence-electron chi connectivity index (χ2n) is 7.14. The maximum absolute atomic E-state index is 12.7. The van der Waals surface area contributed by atoms with Gasteiger partial charge in [0.25, 0.3) is 15.9 Å². The van der Waals surface area contributed by atoms with Crippen molar-refractivity contribution in [3.05, 3.63) is 84.2 Å². The highest BCUT2D eigenvalue weighted by Crippen LogP contribution is 2.28. The lowest BCUT2D eigenvalue weighted by Crippen LogP contribution is -2.31. The predicted octanol–water partition coefficient (Wildman–Crippen LogP) is 4.77. The van der Waals surface area contributed by atoms with Gasteiger partial charge in [0.15, 0.2) is 6.61 Å². The van der Waals surface area contributed by atoms with Crippen molar-refractivity contribution in [1.29, 1.82) is 0 Å². The summed E-state index contributed by atoms with van der Waals surface area (Å²) in [6.45, 7) is -0.137. The normalized spacial score (nSPS) is 11.3. The topological polar surface area (TPSA) is 66.9 Å². The van der Waals surface area contributed by atoms with Crippen molar-refractivity contribution in [2.75, 3.05) is 29.9 Å². The summed E-state index contributed by atoms with van der Waals surface area (Å²) in [6.07, 6.45) is 0. The number of hydrogen-bond donors (Lipinski definition) is 0. The number of carbonyl (C=O) groups excluding carboxylic acids is 1. The van der Waals surface area contributed by atoms with Gasteiger partial charge in [0.1, 0.15) is 9.96 Å². The van der Waals surface area contributed by atoms with Crippen LogP contribution >= 0.6 is 11.3 Å². The molecule has 0 saturated carbocycles. The lowest BCUT2D eigenvalue weighted by molar-refractivity contribution is -0.120. The zero-order chi connectivity index (χ0) is 22.7. The van der Waals surface area contributed by atoms with Crippen molar-refractivity contribution in [3.8, 4) is 5.75 Å². The number of thiophene rings is 1. The number of ether oxygens (including phenoxy) is 1. The molecule has 0 unspecified atom stereocenters. The highest BCUT2D eigenvalue weighted by atomic mass is 32.2. The molecule has 0 aliphatic heterocycles. The molecule has 0 fully saturated rings. The number of fused-ring (bicyclic) bond motifs is 1. The first-order valence-corrected chi connectivity index (χ1v) is 12.2. The van der Waals surface area contributed by atoms with Gasteiger partial charge >= 0.3 is 0 Å². The van der Waals surface area contributed by atoms with Gasteiger partial charge in [-0.15, -0.1) is 11.3 Å². The molecule has 4 rings (SSSR count). The van der Waals surface area contributed by atoms with Crippen LogP contribution in [-0.2, 0) is 14.8 Å². The van der Waals surface area contributed by atoms with E-state index < -0.39 is 10.0 Å². The van der Waals surface area contributed by atoms with Crippen LogP contribution in [-0.4, -0.2) is 35.0 Å². The highest BCUT2D eigenvalue weighted by molar-refractivity contribution is 7.94. The summed E-state index contributed by atoms with van der Waals surface area (Å²) < 4.78 is 32.5. The van der Waals surface area contributed by atoms with Crippen molar-refractivity contribution >= 4 is 49.4 Å². The number of benzene rings is 3. The molecule has 32 heavy (non-hydrogen) atoms. The zero-order valence-corrected chi connectivity index (χ0v) is 19.3. The van der Waals surface area contributed by atoms with E-state index in [-0.39, 0.29) is 16.7 Å². The lowest BCUT2D eigenvalue weighted by Gasteiger charge is -2.20. The predicted molar refractivity (Wildman–Crippen MR) is 129 cm³/mol. The van der Waals surface area contributed by atoms with E-state index in [0.29, 0.717) is 11.4 Å². The second-order valence-corrected chi connectivity index (χ2v) is 10.3. The highest BCUT2D eigenvalue weighted by Gasteiger charge is 2.22. The zero-order valence-electron chi connectivity index (χ0n) is 17.6. The molecule has 0 N–H and O–H groups in total. The molecule has 0 atom stereocenters. The lowest BCUT2D eigenvalue weighted by atomic mass is 10.1. The fourth-order valence-electron chi connectivity index (χ4n) is 3.31. The van der Waals surface area contributed by atoms with E-state index >= 15 is 0 Å². The molecule has 0 bridgehead atoms. The third-order valence-corrected chi connectivity index (χ3v) is 8.33. The molecule has 8 heteroatoms. The minimum Gasteiger partial charge on any atom is -0.484 e. The summed E-state index contributed by atoms with van der Waals surface area (Å²) in [6, 6.07) is 23.6. The third-order valence-electron chi connectivity index (χ3n) is 5.17. The Morgan fingerprint density at radius 3 is 2.34 bits per heavy atom. The molecular weight excluding hydrogens is 444 g/mol. The van der Waals surface area contributed by atoms with E-state index in [4.69, 9.17) is 4.74 Å². The number of rotatable bonds is 7. The van der Waals surface area contributed by atoms with Gasteiger partial charge in [-0.3, -0.25) is 9.10 Å². The van der Waals surface area contributed by atoms with Gasteiger partial charge in [-0.1, -0.05) is 42.5 Å². The molecular formula is C24H22N2O4S2. The van der Waals surface area contributed by atoms with Crippen LogP contribution in [0.25, 0.3) is 10.8 Å². The number of likely N-dealkylation sites (N-methyl/N-ethyl adjacent to an activating group) is 1. The number of carbonyl (C=O) groups is 1. The molecule has 1 amide bonds. The van der Waals surface area contributed by atoms with Gasteiger partial charge in [0.2, 0.25) is 0 Å². The maximum Gasteiger partial charge on any atom is 0.273 e. The van der Waals surface area contributed by atoms with Crippen molar-refractivity contribution in [3.63, 3.8) is 0 Å². The van der Waals surface area contributed by atoms with Gasteiger partial charge in [0.05, 0.1) is 11.4 Å². The van der Waals surface area contributed by atoms with Gasteiger partial charge in [-0.05, 0) is 47.2 Å². The summed E-state index contributed by atoms with van der Waals surface area (Å²) in [5.41, 5.74) is 1.32. The van der Waals surface area contributed by atoms with E-state index in [0.717, 1.165) is 16.5 Å². The Labute approximate surface area is 191 Å². The van der Waals surface area contributed by atoms with Crippen LogP contribution in [0.5, 0.6) is 5.75 Å². The number of hydrogen-bond acceptors (Lipinski definition) is 5. The fourth-order valence-corrected chi connectivity index (χ4v) is 5.67. The van der Waals surface area contributed by atoms with Crippen LogP contribution in [0.15, 0.2) is 88.5 Å². The van der Waals surface area contributed by atoms with E-state index in [1.165, 1.54) is 22.7 Å². The Morgan fingerprint density at radius 2 is 1.62 bits per heavy atom. The van der Waals surface area contributed by atoms with E-state index in [9.17, 15) is 13.2 Å². The summed E-state index contributed by atoms with van der Waals surface area (Å²) in [7, 11) is -0.366. The van der Waals surface area contributed by atoms with Gasteiger partial charge < -0.3 is 9.64 Å². The number of nitrogens with zero attached hydrogens (tertiary/aromatic N) is 2. The molecule has 1 aromatic heterocycles. The molecule has 0 aliphatic rings. The molecule has 6 nitrogen and oxygen atoms in total. The largest absolute Gasteiger partial charge is 0.484 e. The molecule has 0 spiro atoms. The van der Waals surface area contributed by atoms with Crippen molar-refractivity contribution in [2.45, 2.75) is 4.21 Å². The summed E-state index contributed by atoms with van der Waals surface area (Å²) >= 11 is 1.17. The third kappa shape index (κ3) is 4.32. The van der Waals surface area contributed by atoms with Crippen molar-refractivity contribution in [2.24, 2.45) is 0 Å². The molecule has 4 aromatic rings. The van der Waals surface area contributed by atoms with Crippen LogP contribution < -0.4 is 13.9 Å². The summed E-state index contributed by atoms with van der Waals surface area (Å²) in [4.78, 5) is 14.3. The number of sulfonamides is 1. The molecule has 164 valence electrons. The van der Waals surface area contributed by atoms with Crippen LogP contribution in [0.3, 0.4) is 0 Å². The Hall–Kier alpha value is -3.36. The molecule has 0 radical (unpaired) electrons. The minimum atomic E-state index is -3.60. The quantitative estimate of drug-likeness (QED) is 0.394. The molecule has 1 heterocycles. The first-order chi connectivity index (χ1) is 15.4. The molecule has 0 aliphatic carbocycles. The Bertz CT molecular complexity index is 1330. The second kappa shape index (κ2) is 9.02. The molecule has 3 aromatic carbocycles. The van der Waals surface area contributed by atoms with Crippen LogP contribution in [0, 0.1) is 0 Å². The fraction of sp³-hybridized carbons (Fsp3) is 0.125. The molecule has 0 saturated heterocycles.